The standard InChI is InChI=1S/C14H20F4O6S/c1-23-11(19)9-3-5-10(6-4-9)12(20)24-8-2-7-13(15,16)14(17,18)25(21)22/h9-10H,2-8H2,1H3,(H,21,22)/p-1. The van der Waals surface area contributed by atoms with E-state index >= 15 is 0 Å². The third-order valence-electron chi connectivity index (χ3n) is 4.11. The number of methoxy groups -OCH3 is 1. The number of ether oxygens (including phenoxy) is 2. The van der Waals surface area contributed by atoms with E-state index in [4.69, 9.17) is 4.74 Å². The smallest absolute Gasteiger partial charge is 0.371 e. The lowest BCUT2D eigenvalue weighted by Gasteiger charge is -2.28. The summed E-state index contributed by atoms with van der Waals surface area (Å²) in [6.07, 6.45) is -0.415. The zero-order valence-electron chi connectivity index (χ0n) is 13.5. The van der Waals surface area contributed by atoms with Crippen LogP contribution in [-0.4, -0.2) is 45.6 Å². The molecule has 1 unspecified atom stereocenters. The van der Waals surface area contributed by atoms with Gasteiger partial charge in [-0.25, -0.2) is 0 Å². The molecule has 0 amide bonds. The summed E-state index contributed by atoms with van der Waals surface area (Å²) < 4.78 is 81.7. The molecule has 0 saturated heterocycles. The Kier molecular flexibility index (Phi) is 7.79. The molecule has 1 aliphatic carbocycles. The number of carbonyl (C=O) groups is 2. The molecule has 0 aromatic heterocycles. The molecular formula is C14H19F4O6S-. The minimum absolute atomic E-state index is 0.289. The van der Waals surface area contributed by atoms with Gasteiger partial charge in [-0.15, -0.1) is 0 Å². The molecule has 0 heterocycles. The number of hydrogen-bond acceptors (Lipinski definition) is 6. The third kappa shape index (κ3) is 5.63. The first kappa shape index (κ1) is 21.8. The predicted octanol–water partition coefficient (Wildman–Crippen LogP) is 2.40. The summed E-state index contributed by atoms with van der Waals surface area (Å²) in [6.45, 7) is -0.521. The second-order valence-corrected chi connectivity index (χ2v) is 6.78. The Labute approximate surface area is 144 Å². The highest BCUT2D eigenvalue weighted by atomic mass is 32.2. The maximum absolute atomic E-state index is 13.2. The highest BCUT2D eigenvalue weighted by Crippen LogP contribution is 2.39. The van der Waals surface area contributed by atoms with Crippen LogP contribution in [0.4, 0.5) is 17.6 Å². The quantitative estimate of drug-likeness (QED) is 0.273. The van der Waals surface area contributed by atoms with Crippen molar-refractivity contribution >= 4 is 23.0 Å². The summed E-state index contributed by atoms with van der Waals surface area (Å²) in [6, 6.07) is 0. The maximum Gasteiger partial charge on any atom is 0.371 e. The van der Waals surface area contributed by atoms with Crippen LogP contribution in [-0.2, 0) is 30.1 Å². The number of alkyl halides is 4. The van der Waals surface area contributed by atoms with Gasteiger partial charge in [0.25, 0.3) is 0 Å². The van der Waals surface area contributed by atoms with E-state index in [-0.39, 0.29) is 11.9 Å². The fourth-order valence-corrected chi connectivity index (χ4v) is 2.93. The summed E-state index contributed by atoms with van der Waals surface area (Å²) >= 11 is -4.25. The van der Waals surface area contributed by atoms with E-state index in [1.807, 2.05) is 0 Å². The van der Waals surface area contributed by atoms with Crippen molar-refractivity contribution in [2.24, 2.45) is 11.8 Å². The molecule has 1 fully saturated rings. The van der Waals surface area contributed by atoms with Gasteiger partial charge in [-0.05, 0) is 32.1 Å². The largest absolute Gasteiger partial charge is 0.768 e. The Morgan fingerprint density at radius 1 is 1.08 bits per heavy atom. The molecular weight excluding hydrogens is 372 g/mol. The summed E-state index contributed by atoms with van der Waals surface area (Å²) in [7, 11) is 1.27. The molecule has 1 saturated carbocycles. The first-order valence-corrected chi connectivity index (χ1v) is 8.70. The van der Waals surface area contributed by atoms with Crippen LogP contribution in [0.2, 0.25) is 0 Å². The number of esters is 2. The van der Waals surface area contributed by atoms with E-state index in [9.17, 15) is 35.9 Å². The van der Waals surface area contributed by atoms with Crippen molar-refractivity contribution in [1.29, 1.82) is 0 Å². The summed E-state index contributed by atoms with van der Waals surface area (Å²) in [5, 5.41) is -5.18. The topological polar surface area (TPSA) is 92.7 Å². The van der Waals surface area contributed by atoms with Crippen LogP contribution in [0.1, 0.15) is 38.5 Å². The Hall–Kier alpha value is -1.23. The fraction of sp³-hybridized carbons (Fsp3) is 0.857. The van der Waals surface area contributed by atoms with Crippen molar-refractivity contribution in [3.8, 4) is 0 Å². The molecule has 0 aromatic rings. The molecule has 1 aliphatic rings. The molecule has 11 heteroatoms. The van der Waals surface area contributed by atoms with Crippen LogP contribution in [0, 0.1) is 11.8 Å². The van der Waals surface area contributed by atoms with Crippen LogP contribution < -0.4 is 0 Å². The molecule has 0 aliphatic heterocycles. The van der Waals surface area contributed by atoms with Gasteiger partial charge < -0.3 is 14.0 Å². The van der Waals surface area contributed by atoms with Crippen molar-refractivity contribution in [3.63, 3.8) is 0 Å². The second-order valence-electron chi connectivity index (χ2n) is 5.80. The summed E-state index contributed by atoms with van der Waals surface area (Å²) in [5.41, 5.74) is 0. The number of carbonyl (C=O) groups excluding carboxylic acids is 2. The molecule has 146 valence electrons. The normalized spacial score (nSPS) is 23.0. The van der Waals surface area contributed by atoms with Gasteiger partial charge in [-0.3, -0.25) is 13.8 Å². The average molecular weight is 391 g/mol. The van der Waals surface area contributed by atoms with Crippen LogP contribution >= 0.6 is 0 Å². The van der Waals surface area contributed by atoms with Gasteiger partial charge >= 0.3 is 23.1 Å². The molecule has 25 heavy (non-hydrogen) atoms. The minimum Gasteiger partial charge on any atom is -0.768 e. The number of halogens is 4. The van der Waals surface area contributed by atoms with Gasteiger partial charge in [0.15, 0.2) is 0 Å². The minimum atomic E-state index is -5.18. The van der Waals surface area contributed by atoms with E-state index in [0.717, 1.165) is 0 Å². The van der Waals surface area contributed by atoms with Crippen molar-refractivity contribution in [1.82, 2.24) is 0 Å². The lowest BCUT2D eigenvalue weighted by Crippen LogP contribution is -2.44. The highest BCUT2D eigenvalue weighted by Gasteiger charge is 2.56. The van der Waals surface area contributed by atoms with Gasteiger partial charge in [-0.2, -0.15) is 17.6 Å². The Balaban J connectivity index is 2.34. The van der Waals surface area contributed by atoms with E-state index in [1.165, 1.54) is 7.11 Å². The lowest BCUT2D eigenvalue weighted by atomic mass is 9.82. The average Bonchev–Trinajstić information content (AvgIpc) is 2.57. The summed E-state index contributed by atoms with van der Waals surface area (Å²) in [5.74, 6) is -6.53. The zero-order valence-corrected chi connectivity index (χ0v) is 14.3. The lowest BCUT2D eigenvalue weighted by molar-refractivity contribution is -0.166. The monoisotopic (exact) mass is 391 g/mol. The van der Waals surface area contributed by atoms with Gasteiger partial charge in [0, 0.05) is 17.5 Å². The molecule has 1 rings (SSSR count). The Morgan fingerprint density at radius 2 is 1.56 bits per heavy atom. The predicted molar refractivity (Wildman–Crippen MR) is 76.5 cm³/mol. The molecule has 1 atom stereocenters. The van der Waals surface area contributed by atoms with Crippen LogP contribution in [0.5, 0.6) is 0 Å². The number of rotatable bonds is 8. The van der Waals surface area contributed by atoms with E-state index in [0.29, 0.717) is 25.7 Å². The fourth-order valence-electron chi connectivity index (χ4n) is 2.58. The van der Waals surface area contributed by atoms with Gasteiger partial charge in [0.2, 0.25) is 0 Å². The van der Waals surface area contributed by atoms with Crippen molar-refractivity contribution in [2.45, 2.75) is 49.7 Å². The summed E-state index contributed by atoms with van der Waals surface area (Å²) in [4.78, 5) is 23.2. The SMILES string of the molecule is COC(=O)C1CCC(C(=O)OCCCC(F)(F)C(F)(F)S(=O)[O-])CC1. The first-order valence-electron chi connectivity index (χ1n) is 7.62. The first-order chi connectivity index (χ1) is 11.5. The Bertz CT molecular complexity index is 506. The second kappa shape index (κ2) is 8.93. The highest BCUT2D eigenvalue weighted by molar-refractivity contribution is 7.80. The van der Waals surface area contributed by atoms with Crippen LogP contribution in [0.25, 0.3) is 0 Å². The molecule has 0 spiro atoms. The van der Waals surface area contributed by atoms with Crippen LogP contribution in [0.15, 0.2) is 0 Å². The zero-order chi connectivity index (χ0) is 19.3. The van der Waals surface area contributed by atoms with E-state index in [1.54, 1.807) is 0 Å². The van der Waals surface area contributed by atoms with E-state index < -0.39 is 53.6 Å². The van der Waals surface area contributed by atoms with Crippen molar-refractivity contribution in [2.75, 3.05) is 13.7 Å². The number of hydrogen-bond donors (Lipinski definition) is 0. The van der Waals surface area contributed by atoms with Crippen molar-refractivity contribution in [3.05, 3.63) is 0 Å². The van der Waals surface area contributed by atoms with E-state index in [2.05, 4.69) is 4.74 Å². The van der Waals surface area contributed by atoms with Crippen molar-refractivity contribution < 1.29 is 45.4 Å². The molecule has 6 nitrogen and oxygen atoms in total. The van der Waals surface area contributed by atoms with Crippen LogP contribution in [0.3, 0.4) is 0 Å². The van der Waals surface area contributed by atoms with Gasteiger partial charge in [0.05, 0.1) is 25.6 Å². The molecule has 0 bridgehead atoms. The molecule has 0 radical (unpaired) electrons. The maximum atomic E-state index is 13.2. The molecule has 0 N–H and O–H groups in total. The Morgan fingerprint density at radius 3 is 2.00 bits per heavy atom. The third-order valence-corrected chi connectivity index (χ3v) is 4.83. The van der Waals surface area contributed by atoms with Gasteiger partial charge in [0.1, 0.15) is 0 Å². The van der Waals surface area contributed by atoms with Gasteiger partial charge in [-0.1, -0.05) is 0 Å². The molecule has 0 aromatic carbocycles.